The first kappa shape index (κ1) is 12.1. The first-order chi connectivity index (χ1) is 8.84. The normalized spacial score (nSPS) is 18.6. The lowest BCUT2D eigenvalue weighted by atomic mass is 9.89. The summed E-state index contributed by atoms with van der Waals surface area (Å²) >= 11 is 7.17. The molecule has 0 saturated carbocycles. The van der Waals surface area contributed by atoms with Crippen molar-refractivity contribution in [3.63, 3.8) is 0 Å². The van der Waals surface area contributed by atoms with Crippen LogP contribution in [0.15, 0.2) is 24.3 Å². The van der Waals surface area contributed by atoms with Crippen LogP contribution in [-0.4, -0.2) is 9.59 Å². The maximum atomic E-state index is 5.97. The first-order valence-corrected chi connectivity index (χ1v) is 7.16. The molecule has 0 N–H and O–H groups in total. The van der Waals surface area contributed by atoms with Gasteiger partial charge in [0.25, 0.3) is 0 Å². The Kier molecular flexibility index (Phi) is 3.59. The van der Waals surface area contributed by atoms with Crippen LogP contribution in [0.2, 0.25) is 4.34 Å². The van der Waals surface area contributed by atoms with Gasteiger partial charge in [0.1, 0.15) is 10.0 Å². The summed E-state index contributed by atoms with van der Waals surface area (Å²) in [5, 5.41) is 3.97. The van der Waals surface area contributed by atoms with Crippen LogP contribution in [0.5, 0.6) is 0 Å². The highest BCUT2D eigenvalue weighted by Gasteiger charge is 2.21. The molecule has 0 bridgehead atoms. The van der Waals surface area contributed by atoms with E-state index in [1.54, 1.807) is 0 Å². The maximum Gasteiger partial charge on any atom is 0.139 e. The third kappa shape index (κ3) is 2.41. The van der Waals surface area contributed by atoms with Gasteiger partial charge in [-0.1, -0.05) is 40.4 Å². The maximum absolute atomic E-state index is 5.97. The number of hydrogen-bond acceptors (Lipinski definition) is 4. The van der Waals surface area contributed by atoms with Gasteiger partial charge in [0.05, 0.1) is 12.7 Å². The lowest BCUT2D eigenvalue weighted by molar-refractivity contribution is 0.0265. The summed E-state index contributed by atoms with van der Waals surface area (Å²) in [5.41, 5.74) is 3.45. The van der Waals surface area contributed by atoms with Crippen LogP contribution in [0.4, 0.5) is 0 Å². The van der Waals surface area contributed by atoms with Crippen LogP contribution in [0.25, 0.3) is 0 Å². The molecule has 1 aliphatic carbocycles. The second kappa shape index (κ2) is 5.34. The molecule has 1 unspecified atom stereocenters. The Morgan fingerprint density at radius 3 is 3.11 bits per heavy atom. The summed E-state index contributed by atoms with van der Waals surface area (Å²) < 4.78 is 10.4. The molecule has 1 aromatic heterocycles. The largest absolute Gasteiger partial charge is 0.367 e. The molecule has 1 atom stereocenters. The highest BCUT2D eigenvalue weighted by molar-refractivity contribution is 7.10. The Morgan fingerprint density at radius 1 is 1.39 bits per heavy atom. The second-order valence-electron chi connectivity index (χ2n) is 4.38. The first-order valence-electron chi connectivity index (χ1n) is 6.01. The number of fused-ring (bicyclic) bond motifs is 1. The predicted molar refractivity (Wildman–Crippen MR) is 71.8 cm³/mol. The zero-order valence-electron chi connectivity index (χ0n) is 9.80. The lowest BCUT2D eigenvalue weighted by Crippen LogP contribution is -2.12. The average molecular weight is 281 g/mol. The molecule has 94 valence electrons. The highest BCUT2D eigenvalue weighted by Crippen LogP contribution is 2.33. The van der Waals surface area contributed by atoms with Crippen molar-refractivity contribution in [1.29, 1.82) is 0 Å². The van der Waals surface area contributed by atoms with E-state index >= 15 is 0 Å². The fraction of sp³-hybridized carbons (Fsp3) is 0.385. The fourth-order valence-electron chi connectivity index (χ4n) is 2.35. The molecular weight excluding hydrogens is 268 g/mol. The number of hydrogen-bond donors (Lipinski definition) is 0. The van der Waals surface area contributed by atoms with Crippen LogP contribution < -0.4 is 0 Å². The summed E-state index contributed by atoms with van der Waals surface area (Å²) in [6.45, 7) is 0.439. The minimum absolute atomic E-state index is 0.160. The molecule has 0 saturated heterocycles. The topological polar surface area (TPSA) is 35.0 Å². The van der Waals surface area contributed by atoms with E-state index < -0.39 is 0 Å². The van der Waals surface area contributed by atoms with Crippen LogP contribution in [0.3, 0.4) is 0 Å². The summed E-state index contributed by atoms with van der Waals surface area (Å²) in [6, 6.07) is 8.49. The van der Waals surface area contributed by atoms with Crippen LogP contribution in [0, 0.1) is 0 Å². The SMILES string of the molecule is Clc1snnc1COC1CCCc2ccccc21. The van der Waals surface area contributed by atoms with Gasteiger partial charge in [-0.25, -0.2) is 0 Å². The Hall–Kier alpha value is -0.970. The van der Waals surface area contributed by atoms with Crippen LogP contribution in [-0.2, 0) is 17.8 Å². The second-order valence-corrected chi connectivity index (χ2v) is 5.74. The van der Waals surface area contributed by atoms with Crippen molar-refractivity contribution in [2.75, 3.05) is 0 Å². The Labute approximate surface area is 115 Å². The zero-order valence-corrected chi connectivity index (χ0v) is 11.4. The van der Waals surface area contributed by atoms with Crippen molar-refractivity contribution in [3.8, 4) is 0 Å². The van der Waals surface area contributed by atoms with Gasteiger partial charge in [0.2, 0.25) is 0 Å². The smallest absolute Gasteiger partial charge is 0.139 e. The van der Waals surface area contributed by atoms with Gasteiger partial charge in [-0.05, 0) is 30.4 Å². The summed E-state index contributed by atoms with van der Waals surface area (Å²) in [4.78, 5) is 0. The number of aromatic nitrogens is 2. The third-order valence-corrected chi connectivity index (χ3v) is 4.23. The minimum Gasteiger partial charge on any atom is -0.367 e. The van der Waals surface area contributed by atoms with Gasteiger partial charge >= 0.3 is 0 Å². The van der Waals surface area contributed by atoms with Crippen molar-refractivity contribution in [1.82, 2.24) is 9.59 Å². The number of ether oxygens (including phenoxy) is 1. The van der Waals surface area contributed by atoms with E-state index in [1.165, 1.54) is 29.1 Å². The van der Waals surface area contributed by atoms with Crippen molar-refractivity contribution < 1.29 is 4.74 Å². The van der Waals surface area contributed by atoms with Crippen molar-refractivity contribution in [2.45, 2.75) is 32.0 Å². The van der Waals surface area contributed by atoms with Gasteiger partial charge in [0.15, 0.2) is 0 Å². The molecule has 0 spiro atoms. The lowest BCUT2D eigenvalue weighted by Gasteiger charge is -2.25. The highest BCUT2D eigenvalue weighted by atomic mass is 35.5. The quantitative estimate of drug-likeness (QED) is 0.858. The van der Waals surface area contributed by atoms with E-state index in [-0.39, 0.29) is 6.10 Å². The van der Waals surface area contributed by atoms with E-state index in [4.69, 9.17) is 16.3 Å². The van der Waals surface area contributed by atoms with Crippen LogP contribution in [0.1, 0.15) is 35.8 Å². The standard InChI is InChI=1S/C13H13ClN2OS/c14-13-11(15-16-18-13)8-17-12-7-3-5-9-4-1-2-6-10(9)12/h1-2,4,6,12H,3,5,7-8H2. The molecule has 18 heavy (non-hydrogen) atoms. The minimum atomic E-state index is 0.160. The molecule has 3 rings (SSSR count). The number of rotatable bonds is 3. The number of halogens is 1. The van der Waals surface area contributed by atoms with E-state index in [9.17, 15) is 0 Å². The third-order valence-electron chi connectivity index (χ3n) is 3.25. The predicted octanol–water partition coefficient (Wildman–Crippen LogP) is 3.79. The van der Waals surface area contributed by atoms with E-state index in [0.717, 1.165) is 18.5 Å². The molecule has 2 aromatic rings. The molecule has 0 amide bonds. The number of aryl methyl sites for hydroxylation is 1. The zero-order chi connectivity index (χ0) is 12.4. The molecule has 0 radical (unpaired) electrons. The fourth-order valence-corrected chi connectivity index (χ4v) is 2.95. The van der Waals surface area contributed by atoms with Gasteiger partial charge < -0.3 is 4.74 Å². The van der Waals surface area contributed by atoms with Gasteiger partial charge in [-0.2, -0.15) is 0 Å². The van der Waals surface area contributed by atoms with E-state index in [0.29, 0.717) is 10.9 Å². The summed E-state index contributed by atoms with van der Waals surface area (Å²) in [7, 11) is 0. The average Bonchev–Trinajstić information content (AvgIpc) is 2.82. The Bertz CT molecular complexity index is 543. The molecule has 1 heterocycles. The molecular formula is C13H13ClN2OS. The number of nitrogens with zero attached hydrogens (tertiary/aromatic N) is 2. The van der Waals surface area contributed by atoms with Crippen molar-refractivity contribution in [2.24, 2.45) is 0 Å². The molecule has 0 aliphatic heterocycles. The van der Waals surface area contributed by atoms with E-state index in [1.807, 2.05) is 0 Å². The summed E-state index contributed by atoms with van der Waals surface area (Å²) in [5.74, 6) is 0. The molecule has 1 aromatic carbocycles. The van der Waals surface area contributed by atoms with Crippen molar-refractivity contribution in [3.05, 3.63) is 45.4 Å². The van der Waals surface area contributed by atoms with E-state index in [2.05, 4.69) is 33.9 Å². The van der Waals surface area contributed by atoms with Gasteiger partial charge in [-0.3, -0.25) is 0 Å². The molecule has 3 nitrogen and oxygen atoms in total. The molecule has 0 fully saturated rings. The Morgan fingerprint density at radius 2 is 2.28 bits per heavy atom. The Balaban J connectivity index is 1.73. The molecule has 1 aliphatic rings. The van der Waals surface area contributed by atoms with Crippen molar-refractivity contribution >= 4 is 23.1 Å². The van der Waals surface area contributed by atoms with Gasteiger partial charge in [0, 0.05) is 11.5 Å². The number of benzene rings is 1. The van der Waals surface area contributed by atoms with Crippen LogP contribution >= 0.6 is 23.1 Å². The van der Waals surface area contributed by atoms with Gasteiger partial charge in [-0.15, -0.1) is 5.10 Å². The molecule has 5 heteroatoms. The summed E-state index contributed by atoms with van der Waals surface area (Å²) in [6.07, 6.45) is 3.54. The monoisotopic (exact) mass is 280 g/mol.